The molecule has 504 valence electrons. The molecule has 0 aliphatic carbocycles. The minimum Gasteiger partial charge on any atom is -0.377 e. The maximum Gasteiger partial charge on any atom is 0.324 e. The van der Waals surface area contributed by atoms with Crippen LogP contribution in [0.4, 0.5) is 0 Å². The zero-order chi connectivity index (χ0) is 61.7. The van der Waals surface area contributed by atoms with Gasteiger partial charge in [0.2, 0.25) is 5.91 Å². The van der Waals surface area contributed by atoms with E-state index in [0.717, 1.165) is 31.4 Å². The predicted octanol–water partition coefficient (Wildman–Crippen LogP) is 3.36. The van der Waals surface area contributed by atoms with Gasteiger partial charge in [-0.15, -0.1) is 0 Å². The fraction of sp³-hybridized carbons (Fsp3) is 0.979. The van der Waals surface area contributed by atoms with Crippen LogP contribution in [0.25, 0.3) is 0 Å². The molecule has 0 bridgehead atoms. The summed E-state index contributed by atoms with van der Waals surface area (Å²) in [5.74, 6) is 0.912. The zero-order valence-corrected chi connectivity index (χ0v) is 56.8. The van der Waals surface area contributed by atoms with E-state index in [0.29, 0.717) is 185 Å². The molecular weight excluding hydrogens is 1290 g/mol. The van der Waals surface area contributed by atoms with Gasteiger partial charge in [0.05, 0.1) is 244 Å². The van der Waals surface area contributed by atoms with Crippen LogP contribution in [0.1, 0.15) is 32.1 Å². The Kier molecular flexibility index (Phi) is 64.2. The van der Waals surface area contributed by atoms with Crippen molar-refractivity contribution in [1.29, 1.82) is 0 Å². The van der Waals surface area contributed by atoms with Crippen molar-refractivity contribution in [2.75, 3.05) is 270 Å². The lowest BCUT2D eigenvalue weighted by atomic mass is 10.2. The Morgan fingerprint density at radius 1 is 0.321 bits per heavy atom. The fourth-order valence-electron chi connectivity index (χ4n) is 5.65. The second-order valence-corrected chi connectivity index (χ2v) is 30.1. The summed E-state index contributed by atoms with van der Waals surface area (Å²) in [7, 11) is 0. The third-order valence-electron chi connectivity index (χ3n) is 9.61. The van der Waals surface area contributed by atoms with Gasteiger partial charge in [0.15, 0.2) is 6.49 Å². The summed E-state index contributed by atoms with van der Waals surface area (Å²) in [4.78, 5) is 51.5. The van der Waals surface area contributed by atoms with E-state index in [1.807, 2.05) is 6.26 Å². The van der Waals surface area contributed by atoms with Crippen LogP contribution in [-0.2, 0) is 155 Å². The van der Waals surface area contributed by atoms with E-state index in [-0.39, 0.29) is 78.6 Å². The number of carbonyl (C=O) groups excluding carboxylic acids is 1. The molecule has 28 nitrogen and oxygen atoms in total. The van der Waals surface area contributed by atoms with E-state index >= 15 is 0 Å². The summed E-state index contributed by atoms with van der Waals surface area (Å²) in [5, 5.41) is 2.91. The molecular formula is C47H99NO27P4S5. The molecule has 0 saturated carbocycles. The standard InChI is InChI=1S/C47H99NO27P4S5/c1-76(50,80)69-40-34-63-28-22-57-16-10-54-11-18-59-24-30-65-36-42-72-78(52,82)73-44-38-67-32-26-61-20-14-56-15-21-62-27-33-68-39-45-75-79(53,83)74-43-37-66-31-25-60-19-13-55-12-17-58-23-29-64-35-41-71-77(51,81)70-9-6-4-3-5-8-48-47(49)7-46-84-2/h3-46H2,1-2H3,(H,48,49)(H,50,80)(H,51,81)(H,52,82)(H,53,83). The number of carbonyl (C=O) groups is 1. The third kappa shape index (κ3) is 70.8. The monoisotopic (exact) mass is 1390 g/mol. The van der Waals surface area contributed by atoms with Gasteiger partial charge in [-0.3, -0.25) is 4.79 Å². The van der Waals surface area contributed by atoms with Crippen LogP contribution in [0.5, 0.6) is 0 Å². The molecule has 0 aliphatic heterocycles. The van der Waals surface area contributed by atoms with Crippen LogP contribution in [-0.4, -0.2) is 295 Å². The topological polar surface area (TPSA) is 313 Å². The molecule has 0 aromatic rings. The summed E-state index contributed by atoms with van der Waals surface area (Å²) in [6.45, 7) is 0.697. The van der Waals surface area contributed by atoms with Gasteiger partial charge in [0.25, 0.3) is 0 Å². The van der Waals surface area contributed by atoms with E-state index < -0.39 is 26.6 Å². The van der Waals surface area contributed by atoms with Crippen molar-refractivity contribution < 1.29 is 127 Å². The lowest BCUT2D eigenvalue weighted by molar-refractivity contribution is -0.120. The zero-order valence-electron chi connectivity index (χ0n) is 49.1. The Morgan fingerprint density at radius 2 is 0.524 bits per heavy atom. The van der Waals surface area contributed by atoms with E-state index in [4.69, 9.17) is 150 Å². The number of unbranched alkanes of at least 4 members (excludes halogenated alkanes) is 3. The van der Waals surface area contributed by atoms with Crippen molar-refractivity contribution >= 4 is 91.5 Å². The highest BCUT2D eigenvalue weighted by atomic mass is 32.5. The average molecular weight is 1390 g/mol. The van der Waals surface area contributed by atoms with Crippen LogP contribution in [0, 0.1) is 0 Å². The summed E-state index contributed by atoms with van der Waals surface area (Å²) in [6, 6.07) is 0. The molecule has 0 radical (unpaired) electrons. The molecule has 1 amide bonds. The Labute approximate surface area is 522 Å². The molecule has 84 heavy (non-hydrogen) atoms. The first-order chi connectivity index (χ1) is 40.6. The van der Waals surface area contributed by atoms with Crippen LogP contribution >= 0.6 is 38.4 Å². The van der Waals surface area contributed by atoms with Crippen molar-refractivity contribution in [2.45, 2.75) is 32.1 Å². The molecule has 0 rings (SSSR count). The predicted molar refractivity (Wildman–Crippen MR) is 330 cm³/mol. The highest BCUT2D eigenvalue weighted by Gasteiger charge is 2.17. The van der Waals surface area contributed by atoms with Gasteiger partial charge >= 0.3 is 20.2 Å². The molecule has 5 N–H and O–H groups in total. The molecule has 0 spiro atoms. The Morgan fingerprint density at radius 3 is 0.750 bits per heavy atom. The molecule has 0 fully saturated rings. The average Bonchev–Trinajstić information content (AvgIpc) is 3.49. The largest absolute Gasteiger partial charge is 0.377 e. The molecule has 37 heteroatoms. The summed E-state index contributed by atoms with van der Waals surface area (Å²) in [6.07, 6.45) is 6.01. The lowest BCUT2D eigenvalue weighted by Crippen LogP contribution is -2.24. The number of hydrogen-bond acceptors (Lipinski definition) is 28. The summed E-state index contributed by atoms with van der Waals surface area (Å²) < 4.78 is 118. The van der Waals surface area contributed by atoms with Crippen molar-refractivity contribution in [1.82, 2.24) is 5.32 Å². The van der Waals surface area contributed by atoms with Gasteiger partial charge < -0.3 is 128 Å². The molecule has 4 unspecified atom stereocenters. The fourth-order valence-corrected chi connectivity index (χ4v) is 10.1. The smallest absolute Gasteiger partial charge is 0.324 e. The number of thioether (sulfide) groups is 1. The van der Waals surface area contributed by atoms with Crippen LogP contribution < -0.4 is 5.32 Å². The number of nitrogens with one attached hydrogen (secondary N) is 1. The Hall–Kier alpha value is 1.38. The third-order valence-corrected chi connectivity index (χ3v) is 16.2. The second-order valence-electron chi connectivity index (χ2n) is 16.7. The summed E-state index contributed by atoms with van der Waals surface area (Å²) in [5.41, 5.74) is 0. The Balaban J connectivity index is 3.38. The second kappa shape index (κ2) is 63.2. The first-order valence-corrected chi connectivity index (χ1v) is 40.1. The van der Waals surface area contributed by atoms with Crippen molar-refractivity contribution in [3.05, 3.63) is 0 Å². The van der Waals surface area contributed by atoms with Gasteiger partial charge in [-0.2, -0.15) is 11.8 Å². The minimum absolute atomic E-state index is 0.0554. The van der Waals surface area contributed by atoms with Crippen molar-refractivity contribution in [3.8, 4) is 0 Å². The van der Waals surface area contributed by atoms with Crippen LogP contribution in [0.2, 0.25) is 0 Å². The van der Waals surface area contributed by atoms with Gasteiger partial charge in [-0.05, 0) is 66.3 Å². The van der Waals surface area contributed by atoms with Crippen LogP contribution in [0.15, 0.2) is 0 Å². The first-order valence-electron chi connectivity index (χ1n) is 27.8. The first kappa shape index (κ1) is 85.4. The van der Waals surface area contributed by atoms with Gasteiger partial charge in [0.1, 0.15) is 0 Å². The van der Waals surface area contributed by atoms with Gasteiger partial charge in [0, 0.05) is 25.4 Å². The number of ether oxygens (including phenoxy) is 15. The van der Waals surface area contributed by atoms with Crippen molar-refractivity contribution in [2.24, 2.45) is 0 Å². The van der Waals surface area contributed by atoms with E-state index in [2.05, 4.69) is 5.32 Å². The highest BCUT2D eigenvalue weighted by molar-refractivity contribution is 8.09. The minimum atomic E-state index is -3.43. The maximum atomic E-state index is 11.6. The molecule has 0 saturated heterocycles. The number of amides is 1. The van der Waals surface area contributed by atoms with E-state index in [1.54, 1.807) is 11.8 Å². The van der Waals surface area contributed by atoms with Crippen LogP contribution in [0.3, 0.4) is 0 Å². The molecule has 0 aromatic heterocycles. The number of hydrogen-bond donors (Lipinski definition) is 5. The molecule has 0 aromatic carbocycles. The highest BCUT2D eigenvalue weighted by Crippen LogP contribution is 2.45. The maximum absolute atomic E-state index is 11.6. The Bertz CT molecular complexity index is 1650. The summed E-state index contributed by atoms with van der Waals surface area (Å²) >= 11 is 21.5. The SMILES string of the molecule is CSCCC(=O)NCCCCCCOP(O)(=S)OCCOCCOCCOCCOCCOCCOP(O)(=S)OCCOCCOCCOCCOCCOCCOP(O)(=S)OCCOCCOCCOCCOCCOCCOP(C)(O)=S. The lowest BCUT2D eigenvalue weighted by Gasteiger charge is -2.16. The van der Waals surface area contributed by atoms with Gasteiger partial charge in [-0.1, -0.05) is 12.8 Å². The van der Waals surface area contributed by atoms with E-state index in [1.165, 1.54) is 6.66 Å². The van der Waals surface area contributed by atoms with Gasteiger partial charge in [-0.25, -0.2) is 0 Å². The van der Waals surface area contributed by atoms with Crippen molar-refractivity contribution in [3.63, 3.8) is 0 Å². The quantitative estimate of drug-likeness (QED) is 0.0431. The van der Waals surface area contributed by atoms with E-state index in [9.17, 15) is 24.4 Å². The molecule has 4 atom stereocenters. The number of rotatable bonds is 71. The molecule has 0 heterocycles. The normalized spacial score (nSPS) is 14.8. The molecule has 0 aliphatic rings.